The fourth-order valence-corrected chi connectivity index (χ4v) is 5.29. The van der Waals surface area contributed by atoms with E-state index in [0.717, 1.165) is 5.70 Å². The van der Waals surface area contributed by atoms with Crippen LogP contribution in [0.2, 0.25) is 5.02 Å². The van der Waals surface area contributed by atoms with E-state index in [1.807, 2.05) is 5.41 Å². The molecule has 7 nitrogen and oxygen atoms in total. The first-order valence-electron chi connectivity index (χ1n) is 9.45. The van der Waals surface area contributed by atoms with Crippen molar-refractivity contribution < 1.29 is 18.7 Å². The molecule has 2 amide bonds. The molecule has 0 aliphatic carbocycles. The number of nitrogens with zero attached hydrogens (tertiary/aromatic N) is 1. The Morgan fingerprint density at radius 3 is 3.10 bits per heavy atom. The molecular formula is C19H24ClFN4O3S2. The van der Waals surface area contributed by atoms with Crippen LogP contribution in [-0.2, 0) is 20.9 Å². The maximum atomic E-state index is 14.1. The second-order valence-corrected chi connectivity index (χ2v) is 9.73. The molecule has 2 heterocycles. The number of ether oxygens (including phenoxy) is 1. The zero-order valence-electron chi connectivity index (χ0n) is 16.2. The Bertz CT molecular complexity index is 814. The van der Waals surface area contributed by atoms with E-state index >= 15 is 0 Å². The van der Waals surface area contributed by atoms with E-state index in [4.69, 9.17) is 22.1 Å². The van der Waals surface area contributed by atoms with E-state index in [1.54, 1.807) is 12.1 Å². The highest BCUT2D eigenvalue weighted by Gasteiger charge is 2.23. The summed E-state index contributed by atoms with van der Waals surface area (Å²) in [6.07, 6.45) is 0.0166. The van der Waals surface area contributed by atoms with Crippen molar-refractivity contribution in [2.75, 3.05) is 32.0 Å². The first-order valence-corrected chi connectivity index (χ1v) is 11.8. The highest BCUT2D eigenvalue weighted by atomic mass is 35.5. The molecule has 1 aromatic carbocycles. The van der Waals surface area contributed by atoms with Gasteiger partial charge in [-0.3, -0.25) is 14.5 Å². The van der Waals surface area contributed by atoms with Gasteiger partial charge in [-0.05, 0) is 11.5 Å². The third-order valence-corrected chi connectivity index (χ3v) is 7.21. The van der Waals surface area contributed by atoms with E-state index in [2.05, 4.69) is 15.5 Å². The number of carbonyl (C=O) groups is 2. The molecule has 164 valence electrons. The molecule has 1 saturated heterocycles. The lowest BCUT2D eigenvalue weighted by molar-refractivity contribution is -0.120. The summed E-state index contributed by atoms with van der Waals surface area (Å²) >= 11 is 8.81. The van der Waals surface area contributed by atoms with Crippen LogP contribution in [0, 0.1) is 5.82 Å². The monoisotopic (exact) mass is 474 g/mol. The van der Waals surface area contributed by atoms with Crippen molar-refractivity contribution >= 4 is 46.9 Å². The van der Waals surface area contributed by atoms with E-state index in [-0.39, 0.29) is 39.7 Å². The molecule has 1 aromatic rings. The standard InChI is InChI=1S/C19H24ClFN4O3S2/c20-15-3-1-2-12(18(15)21)8-25-4-5-28-14(9-25)7-23-17(27)11-30-19-24-13(10-29-19)6-16(22)26/h1-3,10,14,19,24H,4-9,11H2,(H2,22,26)(H,23,27)/t14-,19?/m0/s1. The maximum Gasteiger partial charge on any atom is 0.230 e. The van der Waals surface area contributed by atoms with Crippen LogP contribution >= 0.6 is 35.1 Å². The molecule has 1 unspecified atom stereocenters. The second-order valence-electron chi connectivity index (χ2n) is 6.95. The molecule has 2 atom stereocenters. The molecule has 0 bridgehead atoms. The first kappa shape index (κ1) is 23.2. The molecule has 11 heteroatoms. The molecule has 2 aliphatic rings. The van der Waals surface area contributed by atoms with Crippen LogP contribution in [0.3, 0.4) is 0 Å². The number of nitrogens with one attached hydrogen (secondary N) is 2. The minimum absolute atomic E-state index is 0.0147. The van der Waals surface area contributed by atoms with Crippen LogP contribution in [0.5, 0.6) is 0 Å². The summed E-state index contributed by atoms with van der Waals surface area (Å²) in [5.74, 6) is -0.587. The predicted molar refractivity (Wildman–Crippen MR) is 118 cm³/mol. The molecule has 2 aliphatic heterocycles. The maximum absolute atomic E-state index is 14.1. The summed E-state index contributed by atoms with van der Waals surface area (Å²) in [5, 5.41) is 8.02. The van der Waals surface area contributed by atoms with E-state index < -0.39 is 5.91 Å². The fourth-order valence-electron chi connectivity index (χ4n) is 3.11. The van der Waals surface area contributed by atoms with Gasteiger partial charge in [0.25, 0.3) is 0 Å². The first-order chi connectivity index (χ1) is 14.4. The molecular weight excluding hydrogens is 451 g/mol. The summed E-state index contributed by atoms with van der Waals surface area (Å²) in [4.78, 5) is 25.2. The zero-order chi connectivity index (χ0) is 21.5. The lowest BCUT2D eigenvalue weighted by Gasteiger charge is -2.33. The quantitative estimate of drug-likeness (QED) is 0.502. The topological polar surface area (TPSA) is 96.7 Å². The Labute approximate surface area is 188 Å². The molecule has 3 rings (SSSR count). The van der Waals surface area contributed by atoms with Crippen molar-refractivity contribution in [3.63, 3.8) is 0 Å². The number of rotatable bonds is 9. The van der Waals surface area contributed by atoms with Crippen molar-refractivity contribution in [3.8, 4) is 0 Å². The molecule has 4 N–H and O–H groups in total. The van der Waals surface area contributed by atoms with Crippen molar-refractivity contribution in [3.05, 3.63) is 45.7 Å². The van der Waals surface area contributed by atoms with Gasteiger partial charge in [0.05, 0.1) is 29.9 Å². The van der Waals surface area contributed by atoms with Crippen molar-refractivity contribution in [2.24, 2.45) is 5.73 Å². The van der Waals surface area contributed by atoms with Gasteiger partial charge in [0.1, 0.15) is 10.5 Å². The minimum Gasteiger partial charge on any atom is -0.374 e. The number of nitrogens with two attached hydrogens (primary N) is 1. The number of halogens is 2. The lowest BCUT2D eigenvalue weighted by Crippen LogP contribution is -2.47. The third kappa shape index (κ3) is 7.05. The van der Waals surface area contributed by atoms with Gasteiger partial charge in [-0.1, -0.05) is 35.5 Å². The third-order valence-electron chi connectivity index (χ3n) is 4.54. The summed E-state index contributed by atoms with van der Waals surface area (Å²) in [6.45, 7) is 2.65. The van der Waals surface area contributed by atoms with E-state index in [1.165, 1.54) is 29.6 Å². The minimum atomic E-state index is -0.391. The van der Waals surface area contributed by atoms with Gasteiger partial charge in [-0.25, -0.2) is 4.39 Å². The van der Waals surface area contributed by atoms with E-state index in [0.29, 0.717) is 38.3 Å². The van der Waals surface area contributed by atoms with Crippen LogP contribution in [-0.4, -0.2) is 59.5 Å². The van der Waals surface area contributed by atoms with Crippen LogP contribution in [0.15, 0.2) is 29.3 Å². The van der Waals surface area contributed by atoms with Gasteiger partial charge in [-0.15, -0.1) is 11.8 Å². The highest BCUT2D eigenvalue weighted by molar-refractivity contribution is 8.18. The van der Waals surface area contributed by atoms with Gasteiger partial charge in [0, 0.05) is 37.4 Å². The number of morpholine rings is 1. The molecule has 0 saturated carbocycles. The number of hydrogen-bond acceptors (Lipinski definition) is 7. The summed E-state index contributed by atoms with van der Waals surface area (Å²) in [5.41, 5.74) is 6.50. The average molecular weight is 475 g/mol. The Morgan fingerprint density at radius 1 is 1.47 bits per heavy atom. The van der Waals surface area contributed by atoms with Crippen molar-refractivity contribution in [1.82, 2.24) is 15.5 Å². The van der Waals surface area contributed by atoms with Gasteiger partial charge >= 0.3 is 0 Å². The van der Waals surface area contributed by atoms with E-state index in [9.17, 15) is 14.0 Å². The largest absolute Gasteiger partial charge is 0.374 e. The van der Waals surface area contributed by atoms with Crippen LogP contribution < -0.4 is 16.4 Å². The lowest BCUT2D eigenvalue weighted by atomic mass is 10.1. The zero-order valence-corrected chi connectivity index (χ0v) is 18.6. The number of primary amides is 1. The number of amides is 2. The van der Waals surface area contributed by atoms with Gasteiger partial charge in [0.15, 0.2) is 0 Å². The van der Waals surface area contributed by atoms with Crippen molar-refractivity contribution in [1.29, 1.82) is 0 Å². The molecule has 0 aromatic heterocycles. The summed E-state index contributed by atoms with van der Waals surface area (Å²) in [7, 11) is 0. The Balaban J connectivity index is 1.36. The Kier molecular flexibility index (Phi) is 8.70. The van der Waals surface area contributed by atoms with Gasteiger partial charge in [-0.2, -0.15) is 0 Å². The summed E-state index contributed by atoms with van der Waals surface area (Å²) < 4.78 is 19.8. The van der Waals surface area contributed by atoms with Crippen LogP contribution in [0.4, 0.5) is 4.39 Å². The SMILES string of the molecule is NC(=O)CC1=CSC(SCC(=O)NC[C@H]2CN(Cc3cccc(Cl)c3F)CCO2)N1. The summed E-state index contributed by atoms with van der Waals surface area (Å²) in [6, 6.07) is 4.99. The smallest absolute Gasteiger partial charge is 0.230 e. The molecule has 1 fully saturated rings. The number of hydrogen-bond donors (Lipinski definition) is 3. The molecule has 30 heavy (non-hydrogen) atoms. The van der Waals surface area contributed by atoms with Gasteiger partial charge < -0.3 is 21.1 Å². The Morgan fingerprint density at radius 2 is 2.30 bits per heavy atom. The number of carbonyl (C=O) groups excluding carboxylic acids is 2. The van der Waals surface area contributed by atoms with Gasteiger partial charge in [0.2, 0.25) is 11.8 Å². The Hall–Kier alpha value is -1.46. The van der Waals surface area contributed by atoms with Crippen LogP contribution in [0.25, 0.3) is 0 Å². The normalized spacial score (nSPS) is 21.7. The number of thioether (sulfide) groups is 2. The van der Waals surface area contributed by atoms with Crippen molar-refractivity contribution in [2.45, 2.75) is 23.8 Å². The number of benzene rings is 1. The second kappa shape index (κ2) is 11.2. The molecule has 0 radical (unpaired) electrons. The average Bonchev–Trinajstić information content (AvgIpc) is 3.15. The molecule has 0 spiro atoms. The predicted octanol–water partition coefficient (Wildman–Crippen LogP) is 1.87. The van der Waals surface area contributed by atoms with Crippen LogP contribution in [0.1, 0.15) is 12.0 Å². The highest BCUT2D eigenvalue weighted by Crippen LogP contribution is 2.30. The fraction of sp³-hybridized carbons (Fsp3) is 0.474.